The molecule has 4 N–H and O–H groups in total. The highest BCUT2D eigenvalue weighted by Gasteiger charge is 2.74. The number of aliphatic hydroxyl groups excluding tert-OH is 3. The maximum absolute atomic E-state index is 16.8. The molecule has 0 amide bonds. The van der Waals surface area contributed by atoms with Crippen LogP contribution in [0.4, 0.5) is 4.39 Å². The van der Waals surface area contributed by atoms with Gasteiger partial charge in [-0.05, 0) is 57.4 Å². The average Bonchev–Trinajstić information content (AvgIpc) is 2.95. The molecular formula is C23H35FO6. The molecule has 0 radical (unpaired) electrons. The lowest BCUT2D eigenvalue weighted by Crippen LogP contribution is -2.69. The number of aliphatic hydroxyl groups is 4. The zero-order chi connectivity index (χ0) is 22.5. The van der Waals surface area contributed by atoms with Gasteiger partial charge in [-0.1, -0.05) is 19.4 Å². The molecule has 0 aromatic rings. The number of ketones is 2. The van der Waals surface area contributed by atoms with Crippen molar-refractivity contribution in [2.24, 2.45) is 22.7 Å². The van der Waals surface area contributed by atoms with Crippen molar-refractivity contribution in [3.8, 4) is 0 Å². The molecule has 170 valence electrons. The van der Waals surface area contributed by atoms with Gasteiger partial charge in [-0.25, -0.2) is 4.39 Å². The Labute approximate surface area is 177 Å². The number of allylic oxidation sites excluding steroid dienone is 1. The molecule has 6 nitrogen and oxygen atoms in total. The van der Waals surface area contributed by atoms with Crippen LogP contribution in [0, 0.1) is 22.7 Å². The first kappa shape index (κ1) is 23.5. The van der Waals surface area contributed by atoms with Crippen LogP contribution in [-0.4, -0.2) is 62.6 Å². The molecule has 0 spiro atoms. The van der Waals surface area contributed by atoms with Crippen LogP contribution in [0.3, 0.4) is 0 Å². The third kappa shape index (κ3) is 2.89. The minimum absolute atomic E-state index is 0.0171. The van der Waals surface area contributed by atoms with Gasteiger partial charge in [0.25, 0.3) is 0 Å². The van der Waals surface area contributed by atoms with E-state index in [-0.39, 0.29) is 37.6 Å². The fourth-order valence-corrected chi connectivity index (χ4v) is 7.16. The van der Waals surface area contributed by atoms with Crippen molar-refractivity contribution in [1.82, 2.24) is 0 Å². The molecule has 0 heterocycles. The Bertz CT molecular complexity index is 752. The van der Waals surface area contributed by atoms with Gasteiger partial charge >= 0.3 is 0 Å². The van der Waals surface area contributed by atoms with E-state index in [1.54, 1.807) is 19.9 Å². The van der Waals surface area contributed by atoms with Gasteiger partial charge in [0.05, 0.1) is 6.10 Å². The van der Waals surface area contributed by atoms with Crippen molar-refractivity contribution >= 4 is 11.6 Å². The maximum Gasteiger partial charge on any atom is 0.190 e. The molecular weight excluding hydrogens is 391 g/mol. The number of fused-ring (bicyclic) bond motifs is 5. The second kappa shape index (κ2) is 7.76. The molecule has 4 aliphatic rings. The molecule has 7 atom stereocenters. The topological polar surface area (TPSA) is 115 Å². The molecule has 0 bridgehead atoms. The van der Waals surface area contributed by atoms with E-state index < -0.39 is 46.5 Å². The summed E-state index contributed by atoms with van der Waals surface area (Å²) >= 11 is 0. The second-order valence-electron chi connectivity index (χ2n) is 9.92. The minimum atomic E-state index is -1.88. The minimum Gasteiger partial charge on any atom is -0.397 e. The summed E-state index contributed by atoms with van der Waals surface area (Å²) in [5.41, 5.74) is -4.68. The van der Waals surface area contributed by atoms with E-state index in [2.05, 4.69) is 0 Å². The normalized spacial score (nSPS) is 47.3. The summed E-state index contributed by atoms with van der Waals surface area (Å²) in [6, 6.07) is 0. The highest BCUT2D eigenvalue weighted by atomic mass is 19.1. The molecule has 3 saturated carbocycles. The molecule has 3 fully saturated rings. The van der Waals surface area contributed by atoms with Crippen molar-refractivity contribution in [2.75, 3.05) is 13.2 Å². The highest BCUT2D eigenvalue weighted by molar-refractivity contribution is 5.92. The fourth-order valence-electron chi connectivity index (χ4n) is 7.16. The van der Waals surface area contributed by atoms with Crippen molar-refractivity contribution in [3.05, 3.63) is 11.6 Å². The molecule has 0 aromatic heterocycles. The van der Waals surface area contributed by atoms with Gasteiger partial charge in [0.15, 0.2) is 11.6 Å². The lowest BCUT2D eigenvalue weighted by Gasteiger charge is -2.63. The highest BCUT2D eigenvalue weighted by Crippen LogP contribution is 2.70. The Kier molecular flexibility index (Phi) is 6.09. The van der Waals surface area contributed by atoms with Crippen molar-refractivity contribution in [2.45, 2.75) is 83.1 Å². The van der Waals surface area contributed by atoms with Crippen LogP contribution in [-0.2, 0) is 9.59 Å². The molecule has 0 saturated heterocycles. The number of rotatable bonds is 2. The van der Waals surface area contributed by atoms with Crippen LogP contribution < -0.4 is 0 Å². The molecule has 7 heteroatoms. The van der Waals surface area contributed by atoms with Gasteiger partial charge in [0, 0.05) is 29.8 Å². The van der Waals surface area contributed by atoms with Crippen molar-refractivity contribution in [3.63, 3.8) is 0 Å². The Hall–Kier alpha value is -1.15. The van der Waals surface area contributed by atoms with Gasteiger partial charge in [-0.2, -0.15) is 0 Å². The number of hydrogen-bond donors (Lipinski definition) is 4. The summed E-state index contributed by atoms with van der Waals surface area (Å²) in [6.07, 6.45) is 2.65. The quantitative estimate of drug-likeness (QED) is 0.536. The summed E-state index contributed by atoms with van der Waals surface area (Å²) in [5.74, 6) is -1.36. The number of halogens is 1. The first-order chi connectivity index (χ1) is 14.0. The Morgan fingerprint density at radius 3 is 2.40 bits per heavy atom. The summed E-state index contributed by atoms with van der Waals surface area (Å²) in [6.45, 7) is 4.76. The van der Waals surface area contributed by atoms with Crippen LogP contribution >= 0.6 is 0 Å². The van der Waals surface area contributed by atoms with Gasteiger partial charge < -0.3 is 20.4 Å². The number of hydrogen-bond acceptors (Lipinski definition) is 6. The molecule has 30 heavy (non-hydrogen) atoms. The molecule has 0 aromatic carbocycles. The summed E-state index contributed by atoms with van der Waals surface area (Å²) in [5, 5.41) is 39.1. The number of alkyl halides is 1. The average molecular weight is 427 g/mol. The largest absolute Gasteiger partial charge is 0.397 e. The van der Waals surface area contributed by atoms with Gasteiger partial charge in [-0.3, -0.25) is 9.59 Å². The Morgan fingerprint density at radius 2 is 1.80 bits per heavy atom. The van der Waals surface area contributed by atoms with E-state index in [4.69, 9.17) is 5.11 Å². The predicted molar refractivity (Wildman–Crippen MR) is 108 cm³/mol. The maximum atomic E-state index is 16.8. The summed E-state index contributed by atoms with van der Waals surface area (Å²) < 4.78 is 16.8. The molecule has 0 aliphatic heterocycles. The second-order valence-corrected chi connectivity index (χ2v) is 9.92. The fraction of sp³-hybridized carbons (Fsp3) is 0.826. The number of Topliss-reactive ketones (excluding diaryl/α,β-unsaturated/α-hetero) is 1. The number of carbonyl (C=O) groups is 2. The van der Waals surface area contributed by atoms with Gasteiger partial charge in [-0.15, -0.1) is 0 Å². The van der Waals surface area contributed by atoms with E-state index in [9.17, 15) is 24.9 Å². The zero-order valence-electron chi connectivity index (χ0n) is 18.2. The van der Waals surface area contributed by atoms with Crippen molar-refractivity contribution in [1.29, 1.82) is 0 Å². The van der Waals surface area contributed by atoms with E-state index in [0.717, 1.165) is 5.57 Å². The lowest BCUT2D eigenvalue weighted by atomic mass is 9.44. The summed E-state index contributed by atoms with van der Waals surface area (Å²) in [4.78, 5) is 24.2. The Balaban J connectivity index is 0.000000806. The number of carbonyl (C=O) groups excluding carboxylic acids is 2. The molecule has 0 unspecified atom stereocenters. The summed E-state index contributed by atoms with van der Waals surface area (Å²) in [7, 11) is 0. The van der Waals surface area contributed by atoms with Gasteiger partial charge in [0.1, 0.15) is 17.9 Å². The standard InChI is InChI=1S/C21H29FO5.C2H6O/c1-18-7-5-13(24)9-12(18)3-4-15-14-6-8-20(27,17(26)11-23)19(14,2)10-16(25)21(15,18)22;1-2-3/h9,14-16,23,25,27H,3-8,10-11H2,1-2H3;3H,2H2,1H3/t14-,15-,16-,18-,19-,20-,21-;/m0./s1. The van der Waals surface area contributed by atoms with Crippen LogP contribution in [0.25, 0.3) is 0 Å². The lowest BCUT2D eigenvalue weighted by molar-refractivity contribution is -0.226. The first-order valence-corrected chi connectivity index (χ1v) is 11.0. The van der Waals surface area contributed by atoms with Crippen LogP contribution in [0.2, 0.25) is 0 Å². The molecule has 4 aliphatic carbocycles. The van der Waals surface area contributed by atoms with Crippen LogP contribution in [0.1, 0.15) is 65.7 Å². The third-order valence-electron chi connectivity index (χ3n) is 8.80. The Morgan fingerprint density at radius 1 is 1.17 bits per heavy atom. The van der Waals surface area contributed by atoms with Gasteiger partial charge in [0.2, 0.25) is 0 Å². The third-order valence-corrected chi connectivity index (χ3v) is 8.80. The van der Waals surface area contributed by atoms with Crippen LogP contribution in [0.15, 0.2) is 11.6 Å². The zero-order valence-corrected chi connectivity index (χ0v) is 18.2. The molecule has 4 rings (SSSR count). The smallest absolute Gasteiger partial charge is 0.190 e. The predicted octanol–water partition coefficient (Wildman–Crippen LogP) is 1.87. The van der Waals surface area contributed by atoms with Crippen LogP contribution in [0.5, 0.6) is 0 Å². The van der Waals surface area contributed by atoms with E-state index in [1.807, 2.05) is 6.92 Å². The van der Waals surface area contributed by atoms with E-state index in [1.165, 1.54) is 0 Å². The van der Waals surface area contributed by atoms with E-state index in [0.29, 0.717) is 25.7 Å². The SMILES string of the molecule is CCO.C[C@]12CCC(=O)C=C1CC[C@H]1[C@@H]3CC[C@](O)(C(=O)CO)[C@@]3(C)C[C@H](O)[C@@]12F. The van der Waals surface area contributed by atoms with E-state index >= 15 is 4.39 Å². The first-order valence-electron chi connectivity index (χ1n) is 11.0. The van der Waals surface area contributed by atoms with Crippen molar-refractivity contribution < 1.29 is 34.4 Å². The monoisotopic (exact) mass is 426 g/mol.